The van der Waals surface area contributed by atoms with Crippen LogP contribution in [0, 0.1) is 37.5 Å². The summed E-state index contributed by atoms with van der Waals surface area (Å²) < 4.78 is 21.9. The topological polar surface area (TPSA) is 105 Å². The van der Waals surface area contributed by atoms with Crippen LogP contribution in [0.1, 0.15) is 90.3 Å². The fraction of sp³-hybridized carbons (Fsp3) is 0.391. The Balaban J connectivity index is 0.000000291. The van der Waals surface area contributed by atoms with Gasteiger partial charge in [-0.2, -0.15) is 0 Å². The number of carbonyl (C=O) groups excluding carboxylic acids is 4. The Morgan fingerprint density at radius 1 is 0.407 bits per heavy atom. The third-order valence-corrected chi connectivity index (χ3v) is 10.4. The summed E-state index contributed by atoms with van der Waals surface area (Å²) in [5, 5.41) is 0. The van der Waals surface area contributed by atoms with E-state index in [9.17, 15) is 19.2 Å². The molecule has 2 aliphatic carbocycles. The van der Waals surface area contributed by atoms with Crippen LogP contribution in [-0.4, -0.2) is 23.9 Å². The van der Waals surface area contributed by atoms with Crippen LogP contribution in [-0.2, 0) is 32.0 Å². The minimum absolute atomic E-state index is 0. The molecule has 0 aromatic heterocycles. The van der Waals surface area contributed by atoms with Crippen molar-refractivity contribution < 1.29 is 41.0 Å². The Kier molecular flexibility index (Phi) is 14.6. The number of aryl methyl sites for hydroxylation is 4. The smallest absolute Gasteiger partial charge is 0.314 e. The van der Waals surface area contributed by atoms with Crippen molar-refractivity contribution in [2.45, 2.75) is 91.9 Å². The Morgan fingerprint density at radius 2 is 0.611 bits per heavy atom. The average molecular weight is 737 g/mol. The second kappa shape index (κ2) is 19.7. The van der Waals surface area contributed by atoms with Crippen molar-refractivity contribution in [3.05, 3.63) is 119 Å². The van der Waals surface area contributed by atoms with Gasteiger partial charge in [0, 0.05) is 2.85 Å². The number of esters is 4. The van der Waals surface area contributed by atoms with Crippen molar-refractivity contribution in [2.24, 2.45) is 23.7 Å². The zero-order chi connectivity index (χ0) is 38.5. The minimum Gasteiger partial charge on any atom is -0.426 e. The van der Waals surface area contributed by atoms with E-state index in [-0.39, 0.29) is 50.4 Å². The summed E-state index contributed by atoms with van der Waals surface area (Å²) in [6, 6.07) is 30.1. The second-order valence-corrected chi connectivity index (χ2v) is 14.4. The van der Waals surface area contributed by atoms with Gasteiger partial charge in [-0.05, 0) is 138 Å². The van der Waals surface area contributed by atoms with Gasteiger partial charge in [-0.1, -0.05) is 73.5 Å². The van der Waals surface area contributed by atoms with E-state index < -0.39 is 0 Å². The summed E-state index contributed by atoms with van der Waals surface area (Å²) in [5.74, 6) is 0.870. The fourth-order valence-corrected chi connectivity index (χ4v) is 6.73. The van der Waals surface area contributed by atoms with E-state index in [1.807, 2.05) is 86.6 Å². The predicted molar refractivity (Wildman–Crippen MR) is 212 cm³/mol. The molecule has 288 valence electrons. The van der Waals surface area contributed by atoms with Crippen molar-refractivity contribution in [1.82, 2.24) is 0 Å². The third kappa shape index (κ3) is 11.9. The van der Waals surface area contributed by atoms with Crippen LogP contribution in [0.4, 0.5) is 0 Å². The molecule has 4 aromatic carbocycles. The van der Waals surface area contributed by atoms with Gasteiger partial charge in [0.15, 0.2) is 0 Å². The number of rotatable bonds is 10. The van der Waals surface area contributed by atoms with Crippen molar-refractivity contribution >= 4 is 23.9 Å². The Morgan fingerprint density at radius 3 is 0.815 bits per heavy atom. The predicted octanol–water partition coefficient (Wildman–Crippen LogP) is 10.2. The molecule has 2 saturated carbocycles. The summed E-state index contributed by atoms with van der Waals surface area (Å²) >= 11 is 0. The number of benzene rings is 4. The molecule has 4 aromatic rings. The number of hydrogen-bond donors (Lipinski definition) is 0. The van der Waals surface area contributed by atoms with Gasteiger partial charge in [-0.15, -0.1) is 0 Å². The van der Waals surface area contributed by atoms with Crippen LogP contribution in [0.5, 0.6) is 23.0 Å². The highest BCUT2D eigenvalue weighted by atomic mass is 16.5. The quantitative estimate of drug-likeness (QED) is 0.117. The molecule has 0 spiro atoms. The average Bonchev–Trinajstić information content (AvgIpc) is 3.20. The largest absolute Gasteiger partial charge is 0.426 e. The lowest BCUT2D eigenvalue weighted by atomic mass is 9.82. The van der Waals surface area contributed by atoms with E-state index in [0.717, 1.165) is 24.0 Å². The minimum atomic E-state index is -0.209. The molecular formula is C46H56O8. The van der Waals surface area contributed by atoms with Gasteiger partial charge in [-0.3, -0.25) is 19.2 Å². The van der Waals surface area contributed by atoms with E-state index in [1.165, 1.54) is 11.1 Å². The molecule has 0 radical (unpaired) electrons. The number of carbonyl (C=O) groups is 4. The van der Waals surface area contributed by atoms with Gasteiger partial charge in [0.1, 0.15) is 23.0 Å². The Bertz CT molecular complexity index is 1690. The van der Waals surface area contributed by atoms with Gasteiger partial charge in [0.2, 0.25) is 0 Å². The molecule has 54 heavy (non-hydrogen) atoms. The molecule has 0 aliphatic heterocycles. The highest BCUT2D eigenvalue weighted by molar-refractivity contribution is 5.78. The fourth-order valence-electron chi connectivity index (χ4n) is 6.73. The van der Waals surface area contributed by atoms with Gasteiger partial charge >= 0.3 is 23.9 Å². The molecule has 0 unspecified atom stereocenters. The first-order chi connectivity index (χ1) is 26.1. The van der Waals surface area contributed by atoms with Gasteiger partial charge < -0.3 is 18.9 Å². The first-order valence-corrected chi connectivity index (χ1v) is 19.3. The summed E-state index contributed by atoms with van der Waals surface area (Å²) in [5.41, 5.74) is 4.67. The second-order valence-electron chi connectivity index (χ2n) is 14.4. The summed E-state index contributed by atoms with van der Waals surface area (Å²) in [7, 11) is 0. The lowest BCUT2D eigenvalue weighted by Gasteiger charge is -2.25. The lowest BCUT2D eigenvalue weighted by molar-refractivity contribution is -0.145. The maximum atomic E-state index is 12.4. The van der Waals surface area contributed by atoms with Crippen molar-refractivity contribution in [1.29, 1.82) is 0 Å². The van der Waals surface area contributed by atoms with Crippen LogP contribution < -0.4 is 18.9 Å². The molecule has 0 heterocycles. The molecule has 6 rings (SSSR count). The molecule has 0 saturated heterocycles. The van der Waals surface area contributed by atoms with Crippen LogP contribution in [0.3, 0.4) is 0 Å². The van der Waals surface area contributed by atoms with Crippen LogP contribution in [0.25, 0.3) is 0 Å². The van der Waals surface area contributed by atoms with E-state index in [1.54, 1.807) is 24.3 Å². The highest BCUT2D eigenvalue weighted by Crippen LogP contribution is 2.33. The molecule has 0 atom stereocenters. The van der Waals surface area contributed by atoms with Crippen molar-refractivity contribution in [3.8, 4) is 23.0 Å². The lowest BCUT2D eigenvalue weighted by Crippen LogP contribution is -2.30. The van der Waals surface area contributed by atoms with E-state index in [2.05, 4.69) is 13.8 Å². The Labute approximate surface area is 322 Å². The van der Waals surface area contributed by atoms with Crippen LogP contribution >= 0.6 is 0 Å². The van der Waals surface area contributed by atoms with E-state index in [4.69, 9.17) is 18.9 Å². The van der Waals surface area contributed by atoms with E-state index in [0.29, 0.717) is 74.4 Å². The summed E-state index contributed by atoms with van der Waals surface area (Å²) in [4.78, 5) is 49.4. The zero-order valence-corrected chi connectivity index (χ0v) is 31.9. The summed E-state index contributed by atoms with van der Waals surface area (Å²) in [6.07, 6.45) is 7.13. The maximum Gasteiger partial charge on any atom is 0.314 e. The molecule has 0 amide bonds. The molecule has 8 nitrogen and oxygen atoms in total. The van der Waals surface area contributed by atoms with Gasteiger partial charge in [0.25, 0.3) is 0 Å². The first kappa shape index (κ1) is 40.0. The van der Waals surface area contributed by atoms with Gasteiger partial charge in [-0.25, -0.2) is 0 Å². The zero-order valence-electron chi connectivity index (χ0n) is 31.9. The van der Waals surface area contributed by atoms with Crippen LogP contribution in [0.2, 0.25) is 0 Å². The number of hydrogen-bond acceptors (Lipinski definition) is 8. The van der Waals surface area contributed by atoms with Crippen LogP contribution in [0.15, 0.2) is 97.1 Å². The first-order valence-electron chi connectivity index (χ1n) is 19.3. The summed E-state index contributed by atoms with van der Waals surface area (Å²) in [6.45, 7) is 8.15. The molecular weight excluding hydrogens is 680 g/mol. The van der Waals surface area contributed by atoms with Crippen molar-refractivity contribution in [3.63, 3.8) is 0 Å². The molecule has 2 aliphatic rings. The standard InChI is InChI=1S/C24H28O4.C22H24O4.2H2/c1-3-17-5-13-21(14-6-17)27-23(25)19-9-11-20(12-10-19)24(26)28-22-15-7-18(4-2)8-16-22;1-15-3-11-19(12-4-15)25-21(23)17-7-9-18(10-8-17)22(24)26-20-13-5-16(2)6-14-20;;/h5-8,13-16,19-20H,3-4,9-12H2,1-2H3;3-6,11-14,17-18H,7-10H2,1-2H3;2*1H. The SMILES string of the molecule is CCc1ccc(OC(=O)C2CCC(C(=O)Oc3ccc(CC)cc3)CC2)cc1.Cc1ccc(OC(=O)C2CCC(C(=O)Oc3ccc(C)cc3)CC2)cc1.[HH].[HH]. The molecule has 0 bridgehead atoms. The van der Waals surface area contributed by atoms with E-state index >= 15 is 0 Å². The molecule has 8 heteroatoms. The van der Waals surface area contributed by atoms with Gasteiger partial charge in [0.05, 0.1) is 23.7 Å². The monoisotopic (exact) mass is 736 g/mol. The molecule has 0 N–H and O–H groups in total. The Hall–Kier alpha value is -5.24. The normalized spacial score (nSPS) is 19.3. The highest BCUT2D eigenvalue weighted by Gasteiger charge is 2.33. The third-order valence-electron chi connectivity index (χ3n) is 10.4. The number of ether oxygens (including phenoxy) is 4. The van der Waals surface area contributed by atoms with Crippen molar-refractivity contribution in [2.75, 3.05) is 0 Å². The molecule has 2 fully saturated rings. The maximum absolute atomic E-state index is 12.4.